The molecular weight excluding hydrogens is 304 g/mol. The van der Waals surface area contributed by atoms with Gasteiger partial charge in [0.25, 0.3) is 0 Å². The van der Waals surface area contributed by atoms with Gasteiger partial charge in [0.2, 0.25) is 0 Å². The normalized spacial score (nSPS) is 10.2. The molecule has 0 bridgehead atoms. The van der Waals surface area contributed by atoms with Gasteiger partial charge >= 0.3 is 0 Å². The van der Waals surface area contributed by atoms with Crippen molar-refractivity contribution < 1.29 is 19.4 Å². The van der Waals surface area contributed by atoms with Crippen LogP contribution in [0, 0.1) is 0 Å². The van der Waals surface area contributed by atoms with Gasteiger partial charge in [-0.15, -0.1) is 0 Å². The van der Waals surface area contributed by atoms with Gasteiger partial charge in [0, 0.05) is 5.56 Å². The number of hydrogen-bond donors (Lipinski definition) is 1. The van der Waals surface area contributed by atoms with Crippen molar-refractivity contribution in [2.75, 3.05) is 7.11 Å². The number of ketones is 1. The Morgan fingerprint density at radius 1 is 0.833 bits per heavy atom. The summed E-state index contributed by atoms with van der Waals surface area (Å²) in [6.07, 6.45) is 0. The molecule has 0 aliphatic rings. The lowest BCUT2D eigenvalue weighted by Gasteiger charge is -2.11. The molecule has 0 aromatic heterocycles. The number of benzene rings is 3. The van der Waals surface area contributed by atoms with Crippen LogP contribution in [0.5, 0.6) is 23.0 Å². The van der Waals surface area contributed by atoms with Crippen molar-refractivity contribution in [3.63, 3.8) is 0 Å². The third kappa shape index (κ3) is 3.22. The lowest BCUT2D eigenvalue weighted by molar-refractivity contribution is 0.103. The number of aromatic hydroxyl groups is 1. The number of phenolic OH excluding ortho intramolecular Hbond substituents is 1. The van der Waals surface area contributed by atoms with Crippen LogP contribution in [0.2, 0.25) is 0 Å². The summed E-state index contributed by atoms with van der Waals surface area (Å²) in [4.78, 5) is 12.8. The van der Waals surface area contributed by atoms with Gasteiger partial charge in [-0.1, -0.05) is 24.3 Å². The summed E-state index contributed by atoms with van der Waals surface area (Å²) in [5, 5.41) is 9.85. The van der Waals surface area contributed by atoms with E-state index in [1.807, 2.05) is 0 Å². The Labute approximate surface area is 139 Å². The second-order valence-electron chi connectivity index (χ2n) is 5.12. The first-order valence-corrected chi connectivity index (χ1v) is 7.42. The number of rotatable bonds is 5. The molecular formula is C20H16O4. The molecule has 3 aromatic carbocycles. The number of methoxy groups -OCH3 is 1. The molecule has 0 heterocycles. The Bertz CT molecular complexity index is 854. The van der Waals surface area contributed by atoms with Crippen molar-refractivity contribution in [3.05, 3.63) is 83.9 Å². The van der Waals surface area contributed by atoms with Crippen LogP contribution in [-0.2, 0) is 0 Å². The Hall–Kier alpha value is -3.27. The summed E-state index contributed by atoms with van der Waals surface area (Å²) in [6, 6.07) is 20.5. The second-order valence-corrected chi connectivity index (χ2v) is 5.12. The first kappa shape index (κ1) is 15.6. The summed E-state index contributed by atoms with van der Waals surface area (Å²) < 4.78 is 10.8. The van der Waals surface area contributed by atoms with E-state index < -0.39 is 0 Å². The van der Waals surface area contributed by atoms with Crippen molar-refractivity contribution in [3.8, 4) is 23.0 Å². The third-order valence-corrected chi connectivity index (χ3v) is 3.57. The lowest BCUT2D eigenvalue weighted by Crippen LogP contribution is -2.03. The Morgan fingerprint density at radius 2 is 1.46 bits per heavy atom. The molecule has 24 heavy (non-hydrogen) atoms. The van der Waals surface area contributed by atoms with Gasteiger partial charge < -0.3 is 14.6 Å². The van der Waals surface area contributed by atoms with E-state index in [-0.39, 0.29) is 11.5 Å². The molecule has 0 atom stereocenters. The summed E-state index contributed by atoms with van der Waals surface area (Å²) in [5.41, 5.74) is 0.954. The number of para-hydroxylation sites is 3. The monoisotopic (exact) mass is 320 g/mol. The average Bonchev–Trinajstić information content (AvgIpc) is 2.63. The van der Waals surface area contributed by atoms with Crippen LogP contribution in [0.3, 0.4) is 0 Å². The van der Waals surface area contributed by atoms with E-state index in [0.29, 0.717) is 28.4 Å². The van der Waals surface area contributed by atoms with E-state index in [1.165, 1.54) is 6.07 Å². The van der Waals surface area contributed by atoms with E-state index in [9.17, 15) is 9.90 Å². The van der Waals surface area contributed by atoms with Crippen molar-refractivity contribution in [2.45, 2.75) is 0 Å². The van der Waals surface area contributed by atoms with Crippen molar-refractivity contribution in [2.24, 2.45) is 0 Å². The standard InChI is InChI=1S/C20H16O4/c1-23-15-12-10-14(11-13-15)20(22)16-6-2-4-8-18(16)24-19-9-5-3-7-17(19)21/h2-13,21H,1H3. The first-order chi connectivity index (χ1) is 11.7. The Balaban J connectivity index is 1.93. The molecule has 3 rings (SSSR count). The van der Waals surface area contributed by atoms with Gasteiger partial charge in [0.1, 0.15) is 11.5 Å². The maximum atomic E-state index is 12.8. The highest BCUT2D eigenvalue weighted by Gasteiger charge is 2.16. The zero-order valence-corrected chi connectivity index (χ0v) is 13.1. The minimum absolute atomic E-state index is 0.0178. The molecule has 0 fully saturated rings. The fraction of sp³-hybridized carbons (Fsp3) is 0.0500. The predicted octanol–water partition coefficient (Wildman–Crippen LogP) is 4.42. The molecule has 0 unspecified atom stereocenters. The van der Waals surface area contributed by atoms with Gasteiger partial charge in [-0.2, -0.15) is 0 Å². The molecule has 3 aromatic rings. The Morgan fingerprint density at radius 3 is 2.12 bits per heavy atom. The first-order valence-electron chi connectivity index (χ1n) is 7.42. The third-order valence-electron chi connectivity index (χ3n) is 3.57. The van der Waals surface area contributed by atoms with Crippen LogP contribution in [0.1, 0.15) is 15.9 Å². The fourth-order valence-electron chi connectivity index (χ4n) is 2.30. The topological polar surface area (TPSA) is 55.8 Å². The minimum Gasteiger partial charge on any atom is -0.504 e. The number of carbonyl (C=O) groups excluding carboxylic acids is 1. The summed E-state index contributed by atoms with van der Waals surface area (Å²) >= 11 is 0. The van der Waals surface area contributed by atoms with Gasteiger partial charge in [0.15, 0.2) is 17.3 Å². The average molecular weight is 320 g/mol. The predicted molar refractivity (Wildman–Crippen MR) is 91.0 cm³/mol. The summed E-state index contributed by atoms with van der Waals surface area (Å²) in [5.74, 6) is 1.23. The van der Waals surface area contributed by atoms with Crippen LogP contribution >= 0.6 is 0 Å². The van der Waals surface area contributed by atoms with Crippen LogP contribution in [-0.4, -0.2) is 18.0 Å². The number of carbonyl (C=O) groups is 1. The number of ether oxygens (including phenoxy) is 2. The van der Waals surface area contributed by atoms with Gasteiger partial charge in [-0.25, -0.2) is 0 Å². The molecule has 0 aliphatic heterocycles. The molecule has 1 N–H and O–H groups in total. The highest BCUT2D eigenvalue weighted by Crippen LogP contribution is 2.32. The van der Waals surface area contributed by atoms with Gasteiger partial charge in [-0.05, 0) is 48.5 Å². The molecule has 4 nitrogen and oxygen atoms in total. The fourth-order valence-corrected chi connectivity index (χ4v) is 2.30. The molecule has 0 amide bonds. The van der Waals surface area contributed by atoms with Crippen molar-refractivity contribution >= 4 is 5.78 Å². The Kier molecular flexibility index (Phi) is 4.47. The molecule has 0 saturated carbocycles. The molecule has 0 saturated heterocycles. The maximum absolute atomic E-state index is 12.8. The van der Waals surface area contributed by atoms with E-state index in [2.05, 4.69) is 0 Å². The second kappa shape index (κ2) is 6.87. The van der Waals surface area contributed by atoms with Crippen LogP contribution in [0.15, 0.2) is 72.8 Å². The van der Waals surface area contributed by atoms with Gasteiger partial charge in [-0.3, -0.25) is 4.79 Å². The smallest absolute Gasteiger partial charge is 0.196 e. The van der Waals surface area contributed by atoms with E-state index in [1.54, 1.807) is 73.8 Å². The maximum Gasteiger partial charge on any atom is 0.196 e. The number of phenols is 1. The van der Waals surface area contributed by atoms with Crippen LogP contribution in [0.25, 0.3) is 0 Å². The molecule has 0 aliphatic carbocycles. The molecule has 0 spiro atoms. The lowest BCUT2D eigenvalue weighted by atomic mass is 10.0. The minimum atomic E-state index is -0.163. The highest BCUT2D eigenvalue weighted by molar-refractivity contribution is 6.10. The van der Waals surface area contributed by atoms with Crippen LogP contribution in [0.4, 0.5) is 0 Å². The van der Waals surface area contributed by atoms with Crippen molar-refractivity contribution in [1.29, 1.82) is 0 Å². The molecule has 0 radical (unpaired) electrons. The van der Waals surface area contributed by atoms with E-state index in [4.69, 9.17) is 9.47 Å². The van der Waals surface area contributed by atoms with E-state index >= 15 is 0 Å². The molecule has 120 valence electrons. The SMILES string of the molecule is COc1ccc(C(=O)c2ccccc2Oc2ccccc2O)cc1. The van der Waals surface area contributed by atoms with Crippen LogP contribution < -0.4 is 9.47 Å². The largest absolute Gasteiger partial charge is 0.504 e. The highest BCUT2D eigenvalue weighted by atomic mass is 16.5. The van der Waals surface area contributed by atoms with Gasteiger partial charge in [0.05, 0.1) is 12.7 Å². The molecule has 4 heteroatoms. The zero-order chi connectivity index (χ0) is 16.9. The zero-order valence-electron chi connectivity index (χ0n) is 13.1. The summed E-state index contributed by atoms with van der Waals surface area (Å²) in [7, 11) is 1.58. The quantitative estimate of drug-likeness (QED) is 0.707. The van der Waals surface area contributed by atoms with Crippen molar-refractivity contribution in [1.82, 2.24) is 0 Å². The van der Waals surface area contributed by atoms with E-state index in [0.717, 1.165) is 0 Å². The summed E-state index contributed by atoms with van der Waals surface area (Å²) in [6.45, 7) is 0. The number of hydrogen-bond acceptors (Lipinski definition) is 4.